The molecule has 1 saturated carbocycles. The summed E-state index contributed by atoms with van der Waals surface area (Å²) in [5, 5.41) is 26.6. The largest absolute Gasteiger partial charge is 0.487 e. The van der Waals surface area contributed by atoms with Crippen LogP contribution in [0.5, 0.6) is 11.6 Å². The average Bonchev–Trinajstić information content (AvgIpc) is 3.51. The van der Waals surface area contributed by atoms with E-state index in [-0.39, 0.29) is 24.4 Å². The number of aromatic nitrogens is 4. The molecule has 3 aromatic rings. The van der Waals surface area contributed by atoms with Crippen LogP contribution in [0.4, 0.5) is 11.6 Å². The Hall–Kier alpha value is -4.33. The van der Waals surface area contributed by atoms with Gasteiger partial charge in [-0.25, -0.2) is 9.97 Å². The summed E-state index contributed by atoms with van der Waals surface area (Å²) in [7, 11) is 1.68. The van der Waals surface area contributed by atoms with Crippen molar-refractivity contribution >= 4 is 18.0 Å². The molecule has 0 radical (unpaired) electrons. The van der Waals surface area contributed by atoms with Gasteiger partial charge in [0.1, 0.15) is 23.6 Å². The first-order chi connectivity index (χ1) is 23.8. The van der Waals surface area contributed by atoms with E-state index in [1.54, 1.807) is 31.6 Å². The summed E-state index contributed by atoms with van der Waals surface area (Å²) >= 11 is 0. The number of hydrogen-bond donors (Lipinski definition) is 4. The van der Waals surface area contributed by atoms with Gasteiger partial charge in [-0.05, 0) is 64.2 Å². The zero-order valence-electron chi connectivity index (χ0n) is 28.8. The van der Waals surface area contributed by atoms with Crippen molar-refractivity contribution in [3.63, 3.8) is 0 Å². The van der Waals surface area contributed by atoms with Gasteiger partial charge in [-0.15, -0.1) is 5.10 Å². The second kappa shape index (κ2) is 17.4. The van der Waals surface area contributed by atoms with Crippen LogP contribution >= 0.6 is 0 Å². The molecule has 0 unspecified atom stereocenters. The van der Waals surface area contributed by atoms with Crippen LogP contribution in [-0.2, 0) is 9.47 Å². The molecule has 3 atom stereocenters. The average molecular weight is 676 g/mol. The van der Waals surface area contributed by atoms with Crippen LogP contribution < -0.4 is 26.2 Å². The van der Waals surface area contributed by atoms with Gasteiger partial charge in [-0.1, -0.05) is 6.07 Å². The third-order valence-electron chi connectivity index (χ3n) is 8.87. The minimum atomic E-state index is -0.359. The number of morpholine rings is 1. The first kappa shape index (κ1) is 36.0. The summed E-state index contributed by atoms with van der Waals surface area (Å²) in [6.07, 6.45) is 11.7. The Labute approximate surface area is 288 Å². The summed E-state index contributed by atoms with van der Waals surface area (Å²) in [6.45, 7) is 9.53. The Bertz CT molecular complexity index is 1530. The number of methoxy groups -OCH3 is 1. The van der Waals surface area contributed by atoms with Crippen molar-refractivity contribution in [2.45, 2.75) is 83.3 Å². The normalized spacial score (nSPS) is 21.8. The molecule has 2 aromatic heterocycles. The lowest BCUT2D eigenvalue weighted by atomic mass is 9.89. The van der Waals surface area contributed by atoms with Crippen LogP contribution in [0.3, 0.4) is 0 Å². The summed E-state index contributed by atoms with van der Waals surface area (Å²) in [4.78, 5) is 11.8. The van der Waals surface area contributed by atoms with Gasteiger partial charge in [0.05, 0.1) is 49.5 Å². The van der Waals surface area contributed by atoms with E-state index in [0.29, 0.717) is 54.6 Å². The summed E-state index contributed by atoms with van der Waals surface area (Å²) in [5.74, 6) is 6.77. The Morgan fingerprint density at radius 2 is 1.84 bits per heavy atom. The lowest BCUT2D eigenvalue weighted by molar-refractivity contribution is -0.0852. The number of nitriles is 1. The monoisotopic (exact) mass is 675 g/mol. The Kier molecular flexibility index (Phi) is 12.7. The van der Waals surface area contributed by atoms with Gasteiger partial charge in [0.25, 0.3) is 5.88 Å². The van der Waals surface area contributed by atoms with Gasteiger partial charge < -0.3 is 24.3 Å². The van der Waals surface area contributed by atoms with Crippen LogP contribution in [0.1, 0.15) is 64.5 Å². The van der Waals surface area contributed by atoms with Crippen LogP contribution in [0.15, 0.2) is 36.8 Å². The Morgan fingerprint density at radius 1 is 1.12 bits per heavy atom. The molecule has 2 fully saturated rings. The summed E-state index contributed by atoms with van der Waals surface area (Å²) in [6, 6.07) is 8.35. The smallest absolute Gasteiger partial charge is 0.256 e. The number of benzene rings is 1. The minimum absolute atomic E-state index is 0.268. The number of nitrogens with one attached hydrogen (secondary N) is 3. The van der Waals surface area contributed by atoms with E-state index < -0.39 is 0 Å². The number of anilines is 2. The molecule has 1 aliphatic carbocycles. The minimum Gasteiger partial charge on any atom is -0.487 e. The van der Waals surface area contributed by atoms with Crippen molar-refractivity contribution in [2.24, 2.45) is 5.84 Å². The van der Waals surface area contributed by atoms with Gasteiger partial charge in [0.2, 0.25) is 5.95 Å². The number of nitrogens with two attached hydrogens (primary N) is 1. The van der Waals surface area contributed by atoms with E-state index in [2.05, 4.69) is 45.6 Å². The molecule has 2 aliphatic rings. The molecule has 1 saturated heterocycles. The van der Waals surface area contributed by atoms with Gasteiger partial charge in [-0.2, -0.15) is 10.8 Å². The molecule has 5 N–H and O–H groups in total. The molecule has 15 heteroatoms. The highest BCUT2D eigenvalue weighted by atomic mass is 16.5. The molecule has 49 heavy (non-hydrogen) atoms. The molecule has 0 spiro atoms. The second-order valence-corrected chi connectivity index (χ2v) is 12.8. The fourth-order valence-electron chi connectivity index (χ4n) is 6.56. The number of hydrazine groups is 2. The van der Waals surface area contributed by atoms with Crippen molar-refractivity contribution < 1.29 is 18.9 Å². The SMILES string of the molecule is COCCCOc1nn(C2CCC(N3C[C@@H](C)O[C@@H](C)C3)CC2)cc1Nc1ncc(-c2ccc(C#N)c(O[C@@H](C)CN(C=N)NN)c2)cn1. The molecule has 264 valence electrons. The highest BCUT2D eigenvalue weighted by molar-refractivity contribution is 5.67. The number of hydrogen-bond acceptors (Lipinski definition) is 13. The Morgan fingerprint density at radius 3 is 2.49 bits per heavy atom. The van der Waals surface area contributed by atoms with Crippen molar-refractivity contribution in [2.75, 3.05) is 45.3 Å². The maximum Gasteiger partial charge on any atom is 0.256 e. The van der Waals surface area contributed by atoms with E-state index in [1.165, 1.54) is 5.01 Å². The summed E-state index contributed by atoms with van der Waals surface area (Å²) < 4.78 is 25.3. The predicted octanol–water partition coefficient (Wildman–Crippen LogP) is 4.02. The number of nitrogens with zero attached hydrogens (tertiary/aromatic N) is 7. The molecule has 1 aliphatic heterocycles. The zero-order chi connectivity index (χ0) is 34.8. The number of rotatable bonds is 16. The maximum atomic E-state index is 9.64. The van der Waals surface area contributed by atoms with Crippen LogP contribution in [0.2, 0.25) is 0 Å². The first-order valence-corrected chi connectivity index (χ1v) is 16.9. The molecule has 15 nitrogen and oxygen atoms in total. The fourth-order valence-corrected chi connectivity index (χ4v) is 6.56. The highest BCUT2D eigenvalue weighted by Crippen LogP contribution is 2.35. The van der Waals surface area contributed by atoms with Gasteiger partial charge in [0.15, 0.2) is 0 Å². The second-order valence-electron chi connectivity index (χ2n) is 12.8. The van der Waals surface area contributed by atoms with Crippen LogP contribution in [0.25, 0.3) is 11.1 Å². The van der Waals surface area contributed by atoms with E-state index in [0.717, 1.165) is 62.7 Å². The third kappa shape index (κ3) is 9.64. The van der Waals surface area contributed by atoms with Gasteiger partial charge in [-0.3, -0.25) is 25.8 Å². The van der Waals surface area contributed by atoms with Crippen LogP contribution in [-0.4, -0.2) is 100 Å². The molecule has 0 bridgehead atoms. The first-order valence-electron chi connectivity index (χ1n) is 16.9. The molecule has 1 aromatic carbocycles. The third-order valence-corrected chi connectivity index (χ3v) is 8.87. The van der Waals surface area contributed by atoms with Crippen molar-refractivity contribution in [3.05, 3.63) is 42.4 Å². The quantitative estimate of drug-likeness (QED) is 0.0562. The molecule has 0 amide bonds. The van der Waals surface area contributed by atoms with Crippen molar-refractivity contribution in [3.8, 4) is 28.8 Å². The molecule has 5 rings (SSSR count). The standard InChI is InChI=1S/C34H49N11O4/c1-23-18-43(19-24(2)48-23)29-8-10-30(11-9-29)45-21-31(33(41-45)47-13-5-12-46-4)40-34-38-16-28(17-39-34)26-6-7-27(15-35)32(14-26)49-25(3)20-44(22-36)42-37/h6-7,14,16-17,21-25,29-30,36,42H,5,8-13,18-20,37H2,1-4H3,(H,38,39,40)/t23-,24+,25-,29?,30?/m0/s1. The van der Waals surface area contributed by atoms with E-state index in [1.807, 2.05) is 23.9 Å². The zero-order valence-corrected chi connectivity index (χ0v) is 28.8. The molecular weight excluding hydrogens is 626 g/mol. The predicted molar refractivity (Wildman–Crippen MR) is 185 cm³/mol. The van der Waals surface area contributed by atoms with E-state index in [4.69, 9.17) is 35.3 Å². The van der Waals surface area contributed by atoms with Gasteiger partial charge >= 0.3 is 0 Å². The molecular formula is C34H49N11O4. The lowest BCUT2D eigenvalue weighted by Crippen LogP contribution is -2.51. The maximum absolute atomic E-state index is 9.64. The van der Waals surface area contributed by atoms with Crippen molar-refractivity contribution in [1.82, 2.24) is 35.2 Å². The Balaban J connectivity index is 1.27. The van der Waals surface area contributed by atoms with Crippen molar-refractivity contribution in [1.29, 1.82) is 10.7 Å². The topological polar surface area (TPSA) is 185 Å². The number of ether oxygens (including phenoxy) is 4. The molecule has 3 heterocycles. The summed E-state index contributed by atoms with van der Waals surface area (Å²) in [5.41, 5.74) is 5.05. The van der Waals surface area contributed by atoms with Crippen LogP contribution in [0, 0.1) is 16.7 Å². The lowest BCUT2D eigenvalue weighted by Gasteiger charge is -2.42. The van der Waals surface area contributed by atoms with E-state index in [9.17, 15) is 5.26 Å². The fraction of sp³-hybridized carbons (Fsp3) is 0.559. The highest BCUT2D eigenvalue weighted by Gasteiger charge is 2.32. The van der Waals surface area contributed by atoms with E-state index >= 15 is 0 Å². The van der Waals surface area contributed by atoms with Gasteiger partial charge in [0, 0.05) is 57.2 Å².